The maximum atomic E-state index is 12.2. The molecular weight excluding hydrogens is 340 g/mol. The fourth-order valence-corrected chi connectivity index (χ4v) is 2.64. The number of hydrogen-bond acceptors (Lipinski definition) is 3. The fourth-order valence-electron chi connectivity index (χ4n) is 2.64. The lowest BCUT2D eigenvalue weighted by Crippen LogP contribution is -2.40. The van der Waals surface area contributed by atoms with Crippen molar-refractivity contribution in [1.82, 2.24) is 10.6 Å². The molecule has 0 atom stereocenters. The first-order chi connectivity index (χ1) is 12.6. The second kappa shape index (κ2) is 8.71. The Hall–Kier alpha value is -2.82. The maximum Gasteiger partial charge on any atom is 0.251 e. The monoisotopic (exact) mass is 368 g/mol. The Kier molecular flexibility index (Phi) is 6.61. The van der Waals surface area contributed by atoms with Crippen molar-refractivity contribution in [2.75, 3.05) is 13.2 Å². The number of carbonyl (C=O) groups is 2. The van der Waals surface area contributed by atoms with Gasteiger partial charge in [-0.3, -0.25) is 9.59 Å². The summed E-state index contributed by atoms with van der Waals surface area (Å²) in [4.78, 5) is 24.3. The standard InChI is InChI=1S/C22H28N2O3/c1-15-12-16(2)14-19(13-15)27-11-10-23-20(25)17-6-8-18(9-7-17)21(26)24-22(3,4)5/h6-9,12-14H,10-11H2,1-5H3,(H,23,25)(H,24,26). The number of benzene rings is 2. The van der Waals surface area contributed by atoms with Crippen molar-refractivity contribution in [1.29, 1.82) is 0 Å². The van der Waals surface area contributed by atoms with E-state index in [4.69, 9.17) is 4.74 Å². The van der Waals surface area contributed by atoms with Gasteiger partial charge in [0.2, 0.25) is 0 Å². The lowest BCUT2D eigenvalue weighted by molar-refractivity contribution is 0.0915. The molecule has 5 heteroatoms. The van der Waals surface area contributed by atoms with Crippen molar-refractivity contribution in [2.24, 2.45) is 0 Å². The molecule has 0 unspecified atom stereocenters. The van der Waals surface area contributed by atoms with Gasteiger partial charge in [0.1, 0.15) is 12.4 Å². The van der Waals surface area contributed by atoms with Gasteiger partial charge in [-0.15, -0.1) is 0 Å². The van der Waals surface area contributed by atoms with E-state index in [1.54, 1.807) is 24.3 Å². The van der Waals surface area contributed by atoms with Gasteiger partial charge < -0.3 is 15.4 Å². The Bertz CT molecular complexity index is 785. The molecular formula is C22H28N2O3. The summed E-state index contributed by atoms with van der Waals surface area (Å²) >= 11 is 0. The molecule has 2 rings (SSSR count). The third-order valence-corrected chi connectivity index (χ3v) is 3.75. The molecule has 2 N–H and O–H groups in total. The average Bonchev–Trinajstić information content (AvgIpc) is 2.56. The van der Waals surface area contributed by atoms with Crippen LogP contribution >= 0.6 is 0 Å². The van der Waals surface area contributed by atoms with Crippen molar-refractivity contribution in [3.63, 3.8) is 0 Å². The number of hydrogen-bond donors (Lipinski definition) is 2. The molecule has 0 aliphatic rings. The Labute approximate surface area is 161 Å². The van der Waals surface area contributed by atoms with Gasteiger partial charge in [-0.2, -0.15) is 0 Å². The lowest BCUT2D eigenvalue weighted by atomic mass is 10.1. The van der Waals surface area contributed by atoms with Gasteiger partial charge in [-0.1, -0.05) is 6.07 Å². The normalized spacial score (nSPS) is 11.0. The third kappa shape index (κ3) is 6.77. The summed E-state index contributed by atoms with van der Waals surface area (Å²) in [5.41, 5.74) is 3.02. The first kappa shape index (κ1) is 20.5. The molecule has 0 fully saturated rings. The Balaban J connectivity index is 1.83. The van der Waals surface area contributed by atoms with Crippen LogP contribution in [0.2, 0.25) is 0 Å². The minimum absolute atomic E-state index is 0.156. The number of nitrogens with one attached hydrogen (secondary N) is 2. The fraction of sp³-hybridized carbons (Fsp3) is 0.364. The number of amides is 2. The van der Waals surface area contributed by atoms with E-state index in [1.165, 1.54) is 0 Å². The summed E-state index contributed by atoms with van der Waals surface area (Å²) in [5, 5.41) is 5.71. The Morgan fingerprint density at radius 2 is 1.41 bits per heavy atom. The Morgan fingerprint density at radius 1 is 0.889 bits per heavy atom. The summed E-state index contributed by atoms with van der Waals surface area (Å²) in [6.07, 6.45) is 0. The van der Waals surface area contributed by atoms with Gasteiger partial charge in [0.25, 0.3) is 11.8 Å². The molecule has 0 saturated heterocycles. The number of aryl methyl sites for hydroxylation is 2. The quantitative estimate of drug-likeness (QED) is 0.765. The summed E-state index contributed by atoms with van der Waals surface area (Å²) in [7, 11) is 0. The van der Waals surface area contributed by atoms with E-state index in [-0.39, 0.29) is 17.4 Å². The van der Waals surface area contributed by atoms with Crippen LogP contribution in [0.5, 0.6) is 5.75 Å². The molecule has 0 aromatic heterocycles. The molecule has 0 heterocycles. The average molecular weight is 368 g/mol. The van der Waals surface area contributed by atoms with Crippen LogP contribution < -0.4 is 15.4 Å². The lowest BCUT2D eigenvalue weighted by Gasteiger charge is -2.20. The van der Waals surface area contributed by atoms with Gasteiger partial charge in [0, 0.05) is 16.7 Å². The number of ether oxygens (including phenoxy) is 1. The molecule has 0 aliphatic carbocycles. The second-order valence-electron chi connectivity index (χ2n) is 7.71. The first-order valence-corrected chi connectivity index (χ1v) is 9.06. The highest BCUT2D eigenvalue weighted by atomic mass is 16.5. The van der Waals surface area contributed by atoms with E-state index in [0.29, 0.717) is 24.3 Å². The zero-order valence-corrected chi connectivity index (χ0v) is 16.7. The van der Waals surface area contributed by atoms with Crippen molar-refractivity contribution in [2.45, 2.75) is 40.2 Å². The number of carbonyl (C=O) groups excluding carboxylic acids is 2. The van der Waals surface area contributed by atoms with Gasteiger partial charge in [0.15, 0.2) is 0 Å². The SMILES string of the molecule is Cc1cc(C)cc(OCCNC(=O)c2ccc(C(=O)NC(C)(C)C)cc2)c1. The third-order valence-electron chi connectivity index (χ3n) is 3.75. The highest BCUT2D eigenvalue weighted by Crippen LogP contribution is 2.15. The molecule has 0 spiro atoms. The molecule has 2 aromatic rings. The largest absolute Gasteiger partial charge is 0.492 e. The van der Waals surface area contributed by atoms with Crippen LogP contribution in [0.25, 0.3) is 0 Å². The van der Waals surface area contributed by atoms with Crippen molar-refractivity contribution in [3.05, 3.63) is 64.7 Å². The summed E-state index contributed by atoms with van der Waals surface area (Å²) in [5.74, 6) is 0.453. The van der Waals surface area contributed by atoms with Gasteiger partial charge in [-0.05, 0) is 82.1 Å². The Morgan fingerprint density at radius 3 is 1.93 bits per heavy atom. The molecule has 27 heavy (non-hydrogen) atoms. The van der Waals surface area contributed by atoms with Crippen LogP contribution in [0.15, 0.2) is 42.5 Å². The number of rotatable bonds is 6. The summed E-state index contributed by atoms with van der Waals surface area (Å²) in [6, 6.07) is 12.6. The van der Waals surface area contributed by atoms with Crippen LogP contribution in [0.4, 0.5) is 0 Å². The molecule has 0 aliphatic heterocycles. The second-order valence-corrected chi connectivity index (χ2v) is 7.71. The summed E-state index contributed by atoms with van der Waals surface area (Å²) < 4.78 is 5.68. The van der Waals surface area contributed by atoms with Crippen LogP contribution in [0.1, 0.15) is 52.6 Å². The predicted molar refractivity (Wildman–Crippen MR) is 107 cm³/mol. The molecule has 2 aromatic carbocycles. The first-order valence-electron chi connectivity index (χ1n) is 9.06. The zero-order valence-electron chi connectivity index (χ0n) is 16.7. The predicted octanol–water partition coefficient (Wildman–Crippen LogP) is 3.64. The molecule has 0 saturated carbocycles. The van der Waals surface area contributed by atoms with Crippen LogP contribution in [0, 0.1) is 13.8 Å². The van der Waals surface area contributed by atoms with E-state index >= 15 is 0 Å². The molecule has 144 valence electrons. The van der Waals surface area contributed by atoms with E-state index < -0.39 is 0 Å². The van der Waals surface area contributed by atoms with Crippen LogP contribution in [-0.4, -0.2) is 30.5 Å². The summed E-state index contributed by atoms with van der Waals surface area (Å²) in [6.45, 7) is 10.6. The van der Waals surface area contributed by atoms with Gasteiger partial charge >= 0.3 is 0 Å². The molecule has 0 radical (unpaired) electrons. The highest BCUT2D eigenvalue weighted by Gasteiger charge is 2.15. The molecule has 0 bridgehead atoms. The van der Waals surface area contributed by atoms with E-state index in [9.17, 15) is 9.59 Å². The minimum atomic E-state index is -0.303. The van der Waals surface area contributed by atoms with E-state index in [1.807, 2.05) is 46.8 Å². The molecule has 5 nitrogen and oxygen atoms in total. The topological polar surface area (TPSA) is 67.4 Å². The molecule has 2 amide bonds. The van der Waals surface area contributed by atoms with E-state index in [2.05, 4.69) is 16.7 Å². The van der Waals surface area contributed by atoms with Gasteiger partial charge in [0.05, 0.1) is 6.54 Å². The minimum Gasteiger partial charge on any atom is -0.492 e. The van der Waals surface area contributed by atoms with E-state index in [0.717, 1.165) is 16.9 Å². The van der Waals surface area contributed by atoms with Gasteiger partial charge in [-0.25, -0.2) is 0 Å². The van der Waals surface area contributed by atoms with Crippen molar-refractivity contribution < 1.29 is 14.3 Å². The van der Waals surface area contributed by atoms with Crippen LogP contribution in [0.3, 0.4) is 0 Å². The van der Waals surface area contributed by atoms with Crippen molar-refractivity contribution >= 4 is 11.8 Å². The van der Waals surface area contributed by atoms with Crippen LogP contribution in [-0.2, 0) is 0 Å². The zero-order chi connectivity index (χ0) is 20.0. The smallest absolute Gasteiger partial charge is 0.251 e. The highest BCUT2D eigenvalue weighted by molar-refractivity contribution is 5.98. The van der Waals surface area contributed by atoms with Crippen molar-refractivity contribution in [3.8, 4) is 5.75 Å². The maximum absolute atomic E-state index is 12.2.